The van der Waals surface area contributed by atoms with Crippen molar-refractivity contribution in [1.29, 1.82) is 0 Å². The van der Waals surface area contributed by atoms with E-state index in [9.17, 15) is 23.5 Å². The zero-order chi connectivity index (χ0) is 14.9. The van der Waals surface area contributed by atoms with Crippen LogP contribution in [0.1, 0.15) is 31.4 Å². The van der Waals surface area contributed by atoms with E-state index in [-0.39, 0.29) is 30.9 Å². The molecule has 0 radical (unpaired) electrons. The maximum Gasteiger partial charge on any atom is 0.229 e. The molecule has 1 aliphatic heterocycles. The number of amides is 2. The molecule has 4 nitrogen and oxygen atoms in total. The molecule has 108 valence electrons. The fraction of sp³-hybridized carbons (Fsp3) is 0.429. The van der Waals surface area contributed by atoms with Crippen LogP contribution in [-0.2, 0) is 9.59 Å². The number of aliphatic hydroxyl groups is 1. The fourth-order valence-electron chi connectivity index (χ4n) is 2.28. The number of halogens is 2. The summed E-state index contributed by atoms with van der Waals surface area (Å²) >= 11 is 0. The largest absolute Gasteiger partial charge is 0.386 e. The Labute approximate surface area is 115 Å². The van der Waals surface area contributed by atoms with Gasteiger partial charge in [0.05, 0.1) is 12.6 Å². The van der Waals surface area contributed by atoms with Gasteiger partial charge >= 0.3 is 0 Å². The Morgan fingerprint density at radius 1 is 1.30 bits per heavy atom. The van der Waals surface area contributed by atoms with Crippen molar-refractivity contribution in [1.82, 2.24) is 4.90 Å². The quantitative estimate of drug-likeness (QED) is 0.860. The van der Waals surface area contributed by atoms with Crippen LogP contribution in [0, 0.1) is 17.6 Å². The van der Waals surface area contributed by atoms with Gasteiger partial charge in [0.2, 0.25) is 11.8 Å². The highest BCUT2D eigenvalue weighted by atomic mass is 19.2. The number of hydrogen-bond donors (Lipinski definition) is 1. The molecule has 2 amide bonds. The van der Waals surface area contributed by atoms with Gasteiger partial charge in [-0.3, -0.25) is 14.5 Å². The van der Waals surface area contributed by atoms with Crippen LogP contribution >= 0.6 is 0 Å². The van der Waals surface area contributed by atoms with Crippen LogP contribution in [0.15, 0.2) is 18.2 Å². The molecule has 1 aromatic rings. The first-order valence-electron chi connectivity index (χ1n) is 6.35. The third kappa shape index (κ3) is 2.85. The molecule has 1 N–H and O–H groups in total. The highest BCUT2D eigenvalue weighted by Gasteiger charge is 2.32. The Morgan fingerprint density at radius 3 is 2.50 bits per heavy atom. The summed E-state index contributed by atoms with van der Waals surface area (Å²) in [7, 11) is 0. The molecule has 2 rings (SSSR count). The van der Waals surface area contributed by atoms with Crippen LogP contribution in [0.25, 0.3) is 0 Å². The van der Waals surface area contributed by atoms with E-state index < -0.39 is 29.6 Å². The summed E-state index contributed by atoms with van der Waals surface area (Å²) < 4.78 is 26.6. The maximum absolute atomic E-state index is 13.5. The van der Waals surface area contributed by atoms with Crippen molar-refractivity contribution in [3.63, 3.8) is 0 Å². The van der Waals surface area contributed by atoms with Gasteiger partial charge in [0.25, 0.3) is 0 Å². The minimum atomic E-state index is -1.44. The second-order valence-electron chi connectivity index (χ2n) is 5.07. The molecule has 6 heteroatoms. The monoisotopic (exact) mass is 283 g/mol. The van der Waals surface area contributed by atoms with Crippen molar-refractivity contribution in [2.45, 2.75) is 25.9 Å². The van der Waals surface area contributed by atoms with Gasteiger partial charge in [0.15, 0.2) is 11.6 Å². The Morgan fingerprint density at radius 2 is 1.90 bits per heavy atom. The van der Waals surface area contributed by atoms with E-state index in [1.807, 2.05) is 0 Å². The van der Waals surface area contributed by atoms with E-state index in [0.717, 1.165) is 11.0 Å². The first-order chi connectivity index (χ1) is 9.40. The fourth-order valence-corrected chi connectivity index (χ4v) is 2.28. The number of β-amino-alcohol motifs (C(OH)–C–C–N with tert-alkyl or cyclic N) is 1. The average molecular weight is 283 g/mol. The molecule has 1 aromatic carbocycles. The number of nitrogens with zero attached hydrogens (tertiary/aromatic N) is 1. The Bertz CT molecular complexity index is 529. The molecule has 0 bridgehead atoms. The van der Waals surface area contributed by atoms with Crippen molar-refractivity contribution < 1.29 is 23.5 Å². The van der Waals surface area contributed by atoms with Gasteiger partial charge in [-0.25, -0.2) is 8.78 Å². The average Bonchev–Trinajstić information content (AvgIpc) is 2.36. The van der Waals surface area contributed by atoms with Gasteiger partial charge in [0, 0.05) is 18.4 Å². The van der Waals surface area contributed by atoms with Crippen molar-refractivity contribution in [2.24, 2.45) is 5.92 Å². The minimum absolute atomic E-state index is 0.0331. The summed E-state index contributed by atoms with van der Waals surface area (Å²) in [5, 5.41) is 9.93. The van der Waals surface area contributed by atoms with Crippen LogP contribution in [0.4, 0.5) is 8.78 Å². The molecule has 1 saturated heterocycles. The van der Waals surface area contributed by atoms with E-state index in [1.54, 1.807) is 6.92 Å². The lowest BCUT2D eigenvalue weighted by Crippen LogP contribution is -2.44. The number of imide groups is 1. The summed E-state index contributed by atoms with van der Waals surface area (Å²) in [6, 6.07) is 3.42. The number of likely N-dealkylation sites (tertiary alicyclic amines) is 1. The number of piperidine rings is 1. The SMILES string of the molecule is CC1CC(=O)N(CC(O)c2cccc(F)c2F)C(=O)C1. The molecule has 1 aliphatic rings. The Hall–Kier alpha value is -1.82. The number of hydrogen-bond acceptors (Lipinski definition) is 3. The molecule has 0 aliphatic carbocycles. The van der Waals surface area contributed by atoms with E-state index in [4.69, 9.17) is 0 Å². The van der Waals surface area contributed by atoms with Gasteiger partial charge in [-0.2, -0.15) is 0 Å². The van der Waals surface area contributed by atoms with Crippen LogP contribution < -0.4 is 0 Å². The number of carbonyl (C=O) groups is 2. The lowest BCUT2D eigenvalue weighted by molar-refractivity contribution is -0.151. The maximum atomic E-state index is 13.5. The van der Waals surface area contributed by atoms with Gasteiger partial charge in [-0.05, 0) is 12.0 Å². The number of aliphatic hydroxyl groups excluding tert-OH is 1. The molecule has 1 atom stereocenters. The normalized spacial score (nSPS) is 18.5. The molecular weight excluding hydrogens is 268 g/mol. The zero-order valence-corrected chi connectivity index (χ0v) is 11.0. The van der Waals surface area contributed by atoms with Crippen LogP contribution in [0.5, 0.6) is 0 Å². The van der Waals surface area contributed by atoms with E-state index >= 15 is 0 Å². The standard InChI is InChI=1S/C14H15F2NO3/c1-8-5-12(19)17(13(20)6-8)7-11(18)9-3-2-4-10(15)14(9)16/h2-4,8,11,18H,5-7H2,1H3. The van der Waals surface area contributed by atoms with Gasteiger partial charge in [0.1, 0.15) is 0 Å². The van der Waals surface area contributed by atoms with Gasteiger partial charge in [-0.1, -0.05) is 19.1 Å². The van der Waals surface area contributed by atoms with Gasteiger partial charge < -0.3 is 5.11 Å². The number of carbonyl (C=O) groups excluding carboxylic acids is 2. The van der Waals surface area contributed by atoms with Crippen molar-refractivity contribution >= 4 is 11.8 Å². The third-order valence-electron chi connectivity index (χ3n) is 3.34. The summed E-state index contributed by atoms with van der Waals surface area (Å²) in [6.07, 6.45) is -1.01. The van der Waals surface area contributed by atoms with Crippen molar-refractivity contribution in [3.8, 4) is 0 Å². The Balaban J connectivity index is 2.15. The molecule has 1 unspecified atom stereocenters. The van der Waals surface area contributed by atoms with Gasteiger partial charge in [-0.15, -0.1) is 0 Å². The zero-order valence-electron chi connectivity index (χ0n) is 11.0. The predicted octanol–water partition coefficient (Wildman–Crippen LogP) is 1.78. The molecule has 0 spiro atoms. The van der Waals surface area contributed by atoms with E-state index in [1.165, 1.54) is 12.1 Å². The second-order valence-corrected chi connectivity index (χ2v) is 5.07. The van der Waals surface area contributed by atoms with E-state index in [2.05, 4.69) is 0 Å². The Kier molecular flexibility index (Phi) is 4.13. The molecule has 0 aromatic heterocycles. The summed E-state index contributed by atoms with van der Waals surface area (Å²) in [5.74, 6) is -3.07. The highest BCUT2D eigenvalue weighted by Crippen LogP contribution is 2.24. The topological polar surface area (TPSA) is 57.6 Å². The van der Waals surface area contributed by atoms with Crippen LogP contribution in [-0.4, -0.2) is 28.4 Å². The molecule has 0 saturated carbocycles. The summed E-state index contributed by atoms with van der Waals surface area (Å²) in [5.41, 5.74) is -0.260. The lowest BCUT2D eigenvalue weighted by atomic mass is 9.97. The third-order valence-corrected chi connectivity index (χ3v) is 3.34. The van der Waals surface area contributed by atoms with Crippen molar-refractivity contribution in [3.05, 3.63) is 35.4 Å². The van der Waals surface area contributed by atoms with Crippen molar-refractivity contribution in [2.75, 3.05) is 6.54 Å². The van der Waals surface area contributed by atoms with Crippen LogP contribution in [0.2, 0.25) is 0 Å². The molecule has 1 fully saturated rings. The van der Waals surface area contributed by atoms with Crippen LogP contribution in [0.3, 0.4) is 0 Å². The first kappa shape index (κ1) is 14.6. The smallest absolute Gasteiger partial charge is 0.229 e. The molecule has 1 heterocycles. The predicted molar refractivity (Wildman–Crippen MR) is 66.4 cm³/mol. The second kappa shape index (κ2) is 5.66. The minimum Gasteiger partial charge on any atom is -0.386 e. The number of rotatable bonds is 3. The summed E-state index contributed by atoms with van der Waals surface area (Å²) in [6.45, 7) is 1.43. The van der Waals surface area contributed by atoms with E-state index in [0.29, 0.717) is 0 Å². The molecule has 20 heavy (non-hydrogen) atoms. The highest BCUT2D eigenvalue weighted by molar-refractivity contribution is 5.97. The first-order valence-corrected chi connectivity index (χ1v) is 6.35. The number of benzene rings is 1. The summed E-state index contributed by atoms with van der Waals surface area (Å²) in [4.78, 5) is 24.4. The molecular formula is C14H15F2NO3. The lowest BCUT2D eigenvalue weighted by Gasteiger charge is -2.30.